The van der Waals surface area contributed by atoms with Crippen molar-refractivity contribution in [2.24, 2.45) is 0 Å². The Labute approximate surface area is 151 Å². The predicted molar refractivity (Wildman–Crippen MR) is 99.7 cm³/mol. The molecule has 0 aliphatic heterocycles. The Kier molecular flexibility index (Phi) is 5.43. The van der Waals surface area contributed by atoms with E-state index in [0.29, 0.717) is 12.2 Å². The highest BCUT2D eigenvalue weighted by molar-refractivity contribution is 5.71. The van der Waals surface area contributed by atoms with Gasteiger partial charge in [-0.1, -0.05) is 60.7 Å². The highest BCUT2D eigenvalue weighted by Crippen LogP contribution is 2.17. The van der Waals surface area contributed by atoms with Crippen LogP contribution in [0.3, 0.4) is 0 Å². The van der Waals surface area contributed by atoms with Gasteiger partial charge in [-0.2, -0.15) is 0 Å². The monoisotopic (exact) mass is 349 g/mol. The predicted octanol–water partition coefficient (Wildman–Crippen LogP) is 2.70. The van der Waals surface area contributed by atoms with Gasteiger partial charge in [0.1, 0.15) is 6.54 Å². The third-order valence-electron chi connectivity index (χ3n) is 3.94. The summed E-state index contributed by atoms with van der Waals surface area (Å²) in [4.78, 5) is 28.9. The number of ether oxygens (including phenoxy) is 1. The van der Waals surface area contributed by atoms with Crippen LogP contribution < -0.4 is 10.9 Å². The molecule has 0 spiro atoms. The molecule has 0 saturated carbocycles. The lowest BCUT2D eigenvalue weighted by Crippen LogP contribution is -2.29. The number of carbonyl (C=O) groups is 1. The second kappa shape index (κ2) is 8.11. The molecule has 0 radical (unpaired) electrons. The quantitative estimate of drug-likeness (QED) is 0.693. The van der Waals surface area contributed by atoms with Crippen molar-refractivity contribution in [3.63, 3.8) is 0 Å². The van der Waals surface area contributed by atoms with Gasteiger partial charge in [0.15, 0.2) is 5.82 Å². The Hall–Kier alpha value is -3.41. The lowest BCUT2D eigenvalue weighted by Gasteiger charge is -2.14. The van der Waals surface area contributed by atoms with E-state index in [-0.39, 0.29) is 17.9 Å². The minimum Gasteiger partial charge on any atom is -0.468 e. The molecule has 6 nitrogen and oxygen atoms in total. The van der Waals surface area contributed by atoms with Gasteiger partial charge < -0.3 is 10.1 Å². The number of aromatic nitrogens is 2. The number of nitrogens with zero attached hydrogens (tertiary/aromatic N) is 2. The summed E-state index contributed by atoms with van der Waals surface area (Å²) in [7, 11) is 1.30. The summed E-state index contributed by atoms with van der Waals surface area (Å²) in [5, 5.41) is 3.04. The first-order chi connectivity index (χ1) is 12.7. The van der Waals surface area contributed by atoms with Crippen molar-refractivity contribution >= 4 is 11.8 Å². The molecule has 0 fully saturated rings. The summed E-state index contributed by atoms with van der Waals surface area (Å²) in [6.07, 6.45) is 1.59. The van der Waals surface area contributed by atoms with Crippen LogP contribution in [0.25, 0.3) is 11.3 Å². The molecule has 6 heteroatoms. The van der Waals surface area contributed by atoms with Crippen molar-refractivity contribution in [1.29, 1.82) is 0 Å². The van der Waals surface area contributed by atoms with Crippen molar-refractivity contribution < 1.29 is 9.53 Å². The molecule has 3 aromatic rings. The third kappa shape index (κ3) is 3.97. The van der Waals surface area contributed by atoms with Crippen molar-refractivity contribution in [3.05, 3.63) is 82.8 Å². The molecule has 0 aliphatic rings. The molecule has 3 rings (SSSR count). The van der Waals surface area contributed by atoms with Gasteiger partial charge in [-0.15, -0.1) is 0 Å². The van der Waals surface area contributed by atoms with Crippen molar-refractivity contribution in [1.82, 2.24) is 9.55 Å². The van der Waals surface area contributed by atoms with Crippen molar-refractivity contribution in [2.45, 2.75) is 13.1 Å². The number of hydrogen-bond donors (Lipinski definition) is 1. The smallest absolute Gasteiger partial charge is 0.325 e. The van der Waals surface area contributed by atoms with Crippen LogP contribution in [0.5, 0.6) is 0 Å². The number of carbonyl (C=O) groups excluding carboxylic acids is 1. The maximum Gasteiger partial charge on any atom is 0.325 e. The molecule has 2 aromatic carbocycles. The van der Waals surface area contributed by atoms with Gasteiger partial charge in [0, 0.05) is 6.54 Å². The molecule has 1 aromatic heterocycles. The summed E-state index contributed by atoms with van der Waals surface area (Å²) >= 11 is 0. The Morgan fingerprint density at radius 1 is 1.08 bits per heavy atom. The van der Waals surface area contributed by atoms with Gasteiger partial charge in [0.05, 0.1) is 19.0 Å². The molecular formula is C20H19N3O3. The maximum absolute atomic E-state index is 12.9. The highest BCUT2D eigenvalue weighted by atomic mass is 16.5. The molecule has 26 heavy (non-hydrogen) atoms. The Balaban J connectivity index is 1.96. The maximum atomic E-state index is 12.9. The largest absolute Gasteiger partial charge is 0.468 e. The molecule has 132 valence electrons. The lowest BCUT2D eigenvalue weighted by atomic mass is 10.1. The second-order valence-electron chi connectivity index (χ2n) is 5.66. The number of anilines is 1. The zero-order valence-electron chi connectivity index (χ0n) is 14.4. The minimum absolute atomic E-state index is 0.178. The van der Waals surface area contributed by atoms with Gasteiger partial charge in [-0.25, -0.2) is 4.98 Å². The average Bonchev–Trinajstić information content (AvgIpc) is 2.70. The summed E-state index contributed by atoms with van der Waals surface area (Å²) in [6, 6.07) is 19.0. The van der Waals surface area contributed by atoms with E-state index in [0.717, 1.165) is 11.1 Å². The summed E-state index contributed by atoms with van der Waals surface area (Å²) < 4.78 is 6.11. The van der Waals surface area contributed by atoms with E-state index in [1.54, 1.807) is 6.20 Å². The summed E-state index contributed by atoms with van der Waals surface area (Å²) in [5.41, 5.74) is 2.02. The van der Waals surface area contributed by atoms with Crippen LogP contribution in [-0.4, -0.2) is 22.6 Å². The van der Waals surface area contributed by atoms with E-state index in [4.69, 9.17) is 4.74 Å². The van der Waals surface area contributed by atoms with Crippen LogP contribution in [0.15, 0.2) is 71.7 Å². The van der Waals surface area contributed by atoms with E-state index in [1.165, 1.54) is 11.7 Å². The Morgan fingerprint density at radius 3 is 2.38 bits per heavy atom. The topological polar surface area (TPSA) is 73.2 Å². The number of esters is 1. The number of methoxy groups -OCH3 is 1. The van der Waals surface area contributed by atoms with Crippen LogP contribution in [0, 0.1) is 0 Å². The minimum atomic E-state index is -0.496. The second-order valence-corrected chi connectivity index (χ2v) is 5.66. The molecule has 0 amide bonds. The number of hydrogen-bond acceptors (Lipinski definition) is 5. The van der Waals surface area contributed by atoms with E-state index < -0.39 is 5.97 Å². The van der Waals surface area contributed by atoms with Crippen LogP contribution in [0.1, 0.15) is 5.56 Å². The molecule has 0 aliphatic carbocycles. The molecule has 1 N–H and O–H groups in total. The molecule has 0 unspecified atom stereocenters. The summed E-state index contributed by atoms with van der Waals surface area (Å²) in [5.74, 6) is -0.304. The van der Waals surface area contributed by atoms with Crippen molar-refractivity contribution in [3.8, 4) is 11.3 Å². The van der Waals surface area contributed by atoms with Crippen LogP contribution in [0.2, 0.25) is 0 Å². The fraction of sp³-hybridized carbons (Fsp3) is 0.150. The highest BCUT2D eigenvalue weighted by Gasteiger charge is 2.15. The fourth-order valence-corrected chi connectivity index (χ4v) is 2.58. The zero-order chi connectivity index (χ0) is 18.4. The molecule has 1 heterocycles. The van der Waals surface area contributed by atoms with Gasteiger partial charge in [-0.05, 0) is 11.1 Å². The first-order valence-corrected chi connectivity index (χ1v) is 8.19. The van der Waals surface area contributed by atoms with E-state index in [1.807, 2.05) is 60.7 Å². The van der Waals surface area contributed by atoms with Gasteiger partial charge in [-0.3, -0.25) is 14.2 Å². The number of nitrogens with one attached hydrogen (secondary N) is 1. The first kappa shape index (κ1) is 17.4. The third-order valence-corrected chi connectivity index (χ3v) is 3.94. The normalized spacial score (nSPS) is 10.3. The van der Waals surface area contributed by atoms with Crippen LogP contribution >= 0.6 is 0 Å². The average molecular weight is 349 g/mol. The van der Waals surface area contributed by atoms with Gasteiger partial charge in [0.25, 0.3) is 5.56 Å². The summed E-state index contributed by atoms with van der Waals surface area (Å²) in [6.45, 7) is 0.286. The fourth-order valence-electron chi connectivity index (χ4n) is 2.58. The SMILES string of the molecule is COC(=O)Cn1c(-c2ccccc2)cnc(NCc2ccccc2)c1=O. The number of benzene rings is 2. The van der Waals surface area contributed by atoms with Crippen LogP contribution in [0.4, 0.5) is 5.82 Å². The Morgan fingerprint density at radius 2 is 1.73 bits per heavy atom. The van der Waals surface area contributed by atoms with Gasteiger partial charge >= 0.3 is 5.97 Å². The Bertz CT molecular complexity index is 938. The van der Waals surface area contributed by atoms with Gasteiger partial charge in [0.2, 0.25) is 0 Å². The lowest BCUT2D eigenvalue weighted by molar-refractivity contribution is -0.141. The van der Waals surface area contributed by atoms with E-state index >= 15 is 0 Å². The molecule has 0 atom stereocenters. The molecule has 0 bridgehead atoms. The molecule has 0 saturated heterocycles. The first-order valence-electron chi connectivity index (χ1n) is 8.19. The zero-order valence-corrected chi connectivity index (χ0v) is 14.4. The van der Waals surface area contributed by atoms with E-state index in [2.05, 4.69) is 10.3 Å². The molecular weight excluding hydrogens is 330 g/mol. The number of rotatable bonds is 6. The van der Waals surface area contributed by atoms with Crippen molar-refractivity contribution in [2.75, 3.05) is 12.4 Å². The standard InChI is InChI=1S/C20H19N3O3/c1-26-18(24)14-23-17(16-10-6-3-7-11-16)13-22-19(20(23)25)21-12-15-8-4-2-5-9-15/h2-11,13H,12,14H2,1H3,(H,21,22). The van der Waals surface area contributed by atoms with E-state index in [9.17, 15) is 9.59 Å². The van der Waals surface area contributed by atoms with Crippen LogP contribution in [-0.2, 0) is 22.6 Å².